The van der Waals surface area contributed by atoms with Gasteiger partial charge in [-0.3, -0.25) is 9.69 Å². The summed E-state index contributed by atoms with van der Waals surface area (Å²) < 4.78 is 18.6. The summed E-state index contributed by atoms with van der Waals surface area (Å²) in [7, 11) is 0. The van der Waals surface area contributed by atoms with E-state index < -0.39 is 6.10 Å². The Hall–Kier alpha value is -1.50. The van der Waals surface area contributed by atoms with Gasteiger partial charge in [-0.1, -0.05) is 12.1 Å². The molecule has 5 nitrogen and oxygen atoms in total. The highest BCUT2D eigenvalue weighted by Gasteiger charge is 2.31. The summed E-state index contributed by atoms with van der Waals surface area (Å²) in [4.78, 5) is 16.7. The molecule has 2 saturated heterocycles. The van der Waals surface area contributed by atoms with Crippen molar-refractivity contribution in [3.8, 4) is 0 Å². The fraction of sp³-hybridized carbons (Fsp3) is 0.632. The van der Waals surface area contributed by atoms with E-state index in [1.54, 1.807) is 6.07 Å². The Bertz CT molecular complexity index is 578. The van der Waals surface area contributed by atoms with Crippen LogP contribution in [-0.2, 0) is 16.0 Å². The third kappa shape index (κ3) is 5.00. The maximum Gasteiger partial charge on any atom is 0.222 e. The molecule has 2 heterocycles. The molecule has 25 heavy (non-hydrogen) atoms. The number of nitrogens with zero attached hydrogens (tertiary/aromatic N) is 2. The minimum Gasteiger partial charge on any atom is -0.391 e. The molecule has 2 fully saturated rings. The third-order valence-electron chi connectivity index (χ3n) is 5.22. The van der Waals surface area contributed by atoms with Crippen molar-refractivity contribution in [3.63, 3.8) is 0 Å². The molecule has 2 aliphatic rings. The van der Waals surface area contributed by atoms with Crippen LogP contribution in [0.4, 0.5) is 4.39 Å². The summed E-state index contributed by atoms with van der Waals surface area (Å²) in [5.41, 5.74) is 0.842. The molecule has 0 unspecified atom stereocenters. The maximum atomic E-state index is 13.2. The lowest BCUT2D eigenvalue weighted by atomic mass is 10.0. The fourth-order valence-electron chi connectivity index (χ4n) is 3.76. The summed E-state index contributed by atoms with van der Waals surface area (Å²) in [6.07, 6.45) is 1.91. The molecule has 0 aliphatic carbocycles. The zero-order chi connectivity index (χ0) is 17.6. The molecular formula is C19H27FN2O3. The van der Waals surface area contributed by atoms with Gasteiger partial charge in [0.1, 0.15) is 5.82 Å². The average Bonchev–Trinajstić information content (AvgIpc) is 2.82. The van der Waals surface area contributed by atoms with E-state index in [-0.39, 0.29) is 17.8 Å². The van der Waals surface area contributed by atoms with Crippen LogP contribution in [0.25, 0.3) is 0 Å². The largest absolute Gasteiger partial charge is 0.391 e. The van der Waals surface area contributed by atoms with Crippen molar-refractivity contribution in [2.75, 3.05) is 39.4 Å². The van der Waals surface area contributed by atoms with Crippen molar-refractivity contribution in [2.24, 2.45) is 0 Å². The summed E-state index contributed by atoms with van der Waals surface area (Å²) >= 11 is 0. The van der Waals surface area contributed by atoms with Gasteiger partial charge in [-0.25, -0.2) is 4.39 Å². The van der Waals surface area contributed by atoms with E-state index in [9.17, 15) is 14.3 Å². The van der Waals surface area contributed by atoms with Gasteiger partial charge in [0.25, 0.3) is 0 Å². The molecule has 2 atom stereocenters. The zero-order valence-electron chi connectivity index (χ0n) is 14.6. The first-order valence-electron chi connectivity index (χ1n) is 9.15. The van der Waals surface area contributed by atoms with Crippen LogP contribution in [0.2, 0.25) is 0 Å². The van der Waals surface area contributed by atoms with Crippen LogP contribution in [0, 0.1) is 5.82 Å². The number of aliphatic hydroxyl groups is 1. The van der Waals surface area contributed by atoms with Gasteiger partial charge in [-0.2, -0.15) is 0 Å². The van der Waals surface area contributed by atoms with E-state index in [4.69, 9.17) is 4.74 Å². The second kappa shape index (κ2) is 8.74. The molecule has 0 saturated carbocycles. The Morgan fingerprint density at radius 3 is 2.72 bits per heavy atom. The van der Waals surface area contributed by atoms with Gasteiger partial charge in [0.2, 0.25) is 5.91 Å². The summed E-state index contributed by atoms with van der Waals surface area (Å²) in [6, 6.07) is 6.51. The number of aryl methyl sites for hydroxylation is 1. The number of carbonyl (C=O) groups excluding carboxylic acids is 1. The Kier molecular flexibility index (Phi) is 6.39. The van der Waals surface area contributed by atoms with Crippen molar-refractivity contribution < 1.29 is 19.0 Å². The van der Waals surface area contributed by atoms with Gasteiger partial charge in [-0.15, -0.1) is 0 Å². The van der Waals surface area contributed by atoms with Crippen LogP contribution in [0.1, 0.15) is 24.8 Å². The smallest absolute Gasteiger partial charge is 0.222 e. The van der Waals surface area contributed by atoms with E-state index in [0.717, 1.165) is 25.1 Å². The van der Waals surface area contributed by atoms with E-state index >= 15 is 0 Å². The minimum absolute atomic E-state index is 0.0825. The first-order valence-corrected chi connectivity index (χ1v) is 9.15. The van der Waals surface area contributed by atoms with Gasteiger partial charge in [-0.05, 0) is 37.0 Å². The number of morpholine rings is 1. The Morgan fingerprint density at radius 1 is 1.20 bits per heavy atom. The Balaban J connectivity index is 1.52. The van der Waals surface area contributed by atoms with Gasteiger partial charge in [0.05, 0.1) is 19.3 Å². The lowest BCUT2D eigenvalue weighted by Crippen LogP contribution is -2.49. The first-order chi connectivity index (χ1) is 12.1. The van der Waals surface area contributed by atoms with Crippen molar-refractivity contribution in [2.45, 2.75) is 37.8 Å². The van der Waals surface area contributed by atoms with Crippen molar-refractivity contribution in [1.82, 2.24) is 9.80 Å². The number of hydrogen-bond donors (Lipinski definition) is 1. The van der Waals surface area contributed by atoms with Crippen molar-refractivity contribution in [3.05, 3.63) is 35.6 Å². The number of amides is 1. The predicted molar refractivity (Wildman–Crippen MR) is 92.7 cm³/mol. The summed E-state index contributed by atoms with van der Waals surface area (Å²) in [5, 5.41) is 10.5. The second-order valence-corrected chi connectivity index (χ2v) is 6.87. The molecule has 0 aromatic heterocycles. The molecule has 138 valence electrons. The summed E-state index contributed by atoms with van der Waals surface area (Å²) in [5.74, 6) is -0.185. The van der Waals surface area contributed by atoms with Crippen LogP contribution >= 0.6 is 0 Å². The highest BCUT2D eigenvalue weighted by molar-refractivity contribution is 5.76. The molecule has 1 N–H and O–H groups in total. The number of carbonyl (C=O) groups is 1. The molecule has 3 rings (SSSR count). The van der Waals surface area contributed by atoms with E-state index in [1.807, 2.05) is 11.0 Å². The normalized spacial score (nSPS) is 25.6. The lowest BCUT2D eigenvalue weighted by Gasteiger charge is -2.36. The van der Waals surface area contributed by atoms with Crippen molar-refractivity contribution >= 4 is 5.91 Å². The van der Waals surface area contributed by atoms with Crippen LogP contribution in [0.3, 0.4) is 0 Å². The molecule has 1 aromatic carbocycles. The molecule has 6 heteroatoms. The maximum absolute atomic E-state index is 13.2. The van der Waals surface area contributed by atoms with Gasteiger partial charge < -0.3 is 14.7 Å². The number of ether oxygens (including phenoxy) is 1. The number of aliphatic hydroxyl groups excluding tert-OH is 1. The van der Waals surface area contributed by atoms with Gasteiger partial charge >= 0.3 is 0 Å². The molecule has 0 radical (unpaired) electrons. The second-order valence-electron chi connectivity index (χ2n) is 6.87. The van der Waals surface area contributed by atoms with E-state index in [0.29, 0.717) is 45.6 Å². The number of hydrogen-bond acceptors (Lipinski definition) is 4. The summed E-state index contributed by atoms with van der Waals surface area (Å²) in [6.45, 7) is 4.36. The third-order valence-corrected chi connectivity index (χ3v) is 5.22. The SMILES string of the molecule is O=C(CCc1cccc(F)c1)N1CC[C@H](O)[C@@H](N2CCOCC2)CC1. The zero-order valence-corrected chi connectivity index (χ0v) is 14.6. The van der Waals surface area contributed by atoms with Crippen LogP contribution in [-0.4, -0.2) is 72.4 Å². The number of benzene rings is 1. The highest BCUT2D eigenvalue weighted by atomic mass is 19.1. The number of likely N-dealkylation sites (tertiary alicyclic amines) is 1. The van der Waals surface area contributed by atoms with Crippen LogP contribution in [0.15, 0.2) is 24.3 Å². The molecule has 1 amide bonds. The number of rotatable bonds is 4. The highest BCUT2D eigenvalue weighted by Crippen LogP contribution is 2.20. The molecule has 1 aromatic rings. The first kappa shape index (κ1) is 18.3. The topological polar surface area (TPSA) is 53.0 Å². The monoisotopic (exact) mass is 350 g/mol. The molecule has 0 bridgehead atoms. The van der Waals surface area contributed by atoms with Crippen LogP contribution in [0.5, 0.6) is 0 Å². The Morgan fingerprint density at radius 2 is 1.96 bits per heavy atom. The van der Waals surface area contributed by atoms with Crippen molar-refractivity contribution in [1.29, 1.82) is 0 Å². The van der Waals surface area contributed by atoms with E-state index in [2.05, 4.69) is 4.90 Å². The van der Waals surface area contributed by atoms with E-state index in [1.165, 1.54) is 12.1 Å². The molecular weight excluding hydrogens is 323 g/mol. The lowest BCUT2D eigenvalue weighted by molar-refractivity contribution is -0.131. The molecule has 0 spiro atoms. The fourth-order valence-corrected chi connectivity index (χ4v) is 3.76. The van der Waals surface area contributed by atoms with Crippen LogP contribution < -0.4 is 0 Å². The Labute approximate surface area is 148 Å². The standard InChI is InChI=1S/C19H27FN2O3/c20-16-3-1-2-15(14-16)4-5-19(24)22-8-6-17(18(23)7-9-22)21-10-12-25-13-11-21/h1-3,14,17-18,23H,4-13H2/t17-,18-/m0/s1. The minimum atomic E-state index is -0.404. The predicted octanol–water partition coefficient (Wildman–Crippen LogP) is 1.44. The van der Waals surface area contributed by atoms with Gasteiger partial charge in [0, 0.05) is 38.6 Å². The number of halogens is 1. The average molecular weight is 350 g/mol. The molecule has 2 aliphatic heterocycles. The van der Waals surface area contributed by atoms with Gasteiger partial charge in [0.15, 0.2) is 0 Å². The quantitative estimate of drug-likeness (QED) is 0.893.